The molecule has 98 valence electrons. The second-order valence-corrected chi connectivity index (χ2v) is 6.75. The summed E-state index contributed by atoms with van der Waals surface area (Å²) in [6.45, 7) is 7.36. The number of rotatable bonds is 7. The Hall–Kier alpha value is -0.0800. The molecule has 17 heavy (non-hydrogen) atoms. The Morgan fingerprint density at radius 3 is 2.41 bits per heavy atom. The molecular formula is C15H28N2. The molecule has 1 atom stereocenters. The van der Waals surface area contributed by atoms with Crippen LogP contribution in [0.2, 0.25) is 0 Å². The summed E-state index contributed by atoms with van der Waals surface area (Å²) in [6, 6.07) is 0. The molecule has 0 aromatic rings. The molecule has 2 N–H and O–H groups in total. The van der Waals surface area contributed by atoms with Crippen molar-refractivity contribution in [3.8, 4) is 0 Å². The van der Waals surface area contributed by atoms with Crippen molar-refractivity contribution in [3.63, 3.8) is 0 Å². The molecule has 2 nitrogen and oxygen atoms in total. The Kier molecular flexibility index (Phi) is 3.45. The van der Waals surface area contributed by atoms with Crippen molar-refractivity contribution in [1.82, 2.24) is 10.6 Å². The van der Waals surface area contributed by atoms with E-state index in [1.807, 2.05) is 0 Å². The van der Waals surface area contributed by atoms with Gasteiger partial charge in [0.15, 0.2) is 0 Å². The first kappa shape index (κ1) is 12.0. The van der Waals surface area contributed by atoms with E-state index in [0.717, 1.165) is 17.8 Å². The van der Waals surface area contributed by atoms with E-state index >= 15 is 0 Å². The normalized spacial score (nSPS) is 33.5. The van der Waals surface area contributed by atoms with E-state index in [4.69, 9.17) is 0 Å². The van der Waals surface area contributed by atoms with Gasteiger partial charge >= 0.3 is 0 Å². The molecular weight excluding hydrogens is 208 g/mol. The smallest absolute Gasteiger partial charge is 0.00205 e. The largest absolute Gasteiger partial charge is 0.316 e. The van der Waals surface area contributed by atoms with Gasteiger partial charge in [0, 0.05) is 13.1 Å². The van der Waals surface area contributed by atoms with Gasteiger partial charge in [-0.1, -0.05) is 6.92 Å². The van der Waals surface area contributed by atoms with Crippen molar-refractivity contribution < 1.29 is 0 Å². The van der Waals surface area contributed by atoms with Crippen LogP contribution in [0.15, 0.2) is 0 Å². The van der Waals surface area contributed by atoms with E-state index in [-0.39, 0.29) is 0 Å². The lowest BCUT2D eigenvalue weighted by molar-refractivity contribution is 0.272. The number of hydrogen-bond acceptors (Lipinski definition) is 2. The molecule has 2 aliphatic carbocycles. The predicted molar refractivity (Wildman–Crippen MR) is 72.0 cm³/mol. The second kappa shape index (κ2) is 4.89. The summed E-state index contributed by atoms with van der Waals surface area (Å²) in [4.78, 5) is 0. The topological polar surface area (TPSA) is 24.1 Å². The third-order valence-electron chi connectivity index (χ3n) is 5.42. The van der Waals surface area contributed by atoms with E-state index in [1.165, 1.54) is 64.7 Å². The summed E-state index contributed by atoms with van der Waals surface area (Å²) in [5.41, 5.74) is 0.567. The second-order valence-electron chi connectivity index (χ2n) is 6.75. The lowest BCUT2D eigenvalue weighted by Gasteiger charge is -2.28. The Labute approximate surface area is 106 Å². The summed E-state index contributed by atoms with van der Waals surface area (Å²) in [5, 5.41) is 7.35. The van der Waals surface area contributed by atoms with E-state index in [9.17, 15) is 0 Å². The summed E-state index contributed by atoms with van der Waals surface area (Å²) in [5.74, 6) is 3.21. The lowest BCUT2D eigenvalue weighted by atomic mass is 9.84. The van der Waals surface area contributed by atoms with Crippen LogP contribution in [0.5, 0.6) is 0 Å². The standard InChI is InChI=1S/C15H28N2/c1-2-15(7-8-16-10-15)11-17-9-14(12-3-4-12)13-5-6-13/h12-14,16-17H,2-11H2,1H3. The Morgan fingerprint density at radius 2 is 1.94 bits per heavy atom. The summed E-state index contributed by atoms with van der Waals surface area (Å²) in [7, 11) is 0. The van der Waals surface area contributed by atoms with Gasteiger partial charge in [-0.15, -0.1) is 0 Å². The highest BCUT2D eigenvalue weighted by molar-refractivity contribution is 4.94. The van der Waals surface area contributed by atoms with E-state index in [2.05, 4.69) is 17.6 Å². The average Bonchev–Trinajstić information content (AvgIpc) is 3.26. The monoisotopic (exact) mass is 236 g/mol. The van der Waals surface area contributed by atoms with Crippen LogP contribution in [0.4, 0.5) is 0 Å². The molecule has 1 aliphatic heterocycles. The van der Waals surface area contributed by atoms with E-state index in [1.54, 1.807) is 0 Å². The van der Waals surface area contributed by atoms with Crippen LogP contribution in [0, 0.1) is 23.2 Å². The van der Waals surface area contributed by atoms with E-state index < -0.39 is 0 Å². The van der Waals surface area contributed by atoms with Gasteiger partial charge in [0.25, 0.3) is 0 Å². The van der Waals surface area contributed by atoms with Crippen molar-refractivity contribution in [3.05, 3.63) is 0 Å². The first-order valence-corrected chi connectivity index (χ1v) is 7.74. The molecule has 3 aliphatic rings. The van der Waals surface area contributed by atoms with Crippen molar-refractivity contribution >= 4 is 0 Å². The zero-order valence-corrected chi connectivity index (χ0v) is 11.3. The fourth-order valence-corrected chi connectivity index (χ4v) is 3.64. The Bertz CT molecular complexity index is 238. The first-order valence-electron chi connectivity index (χ1n) is 7.74. The highest BCUT2D eigenvalue weighted by Gasteiger charge is 2.41. The van der Waals surface area contributed by atoms with Crippen molar-refractivity contribution in [2.24, 2.45) is 23.2 Å². The fourth-order valence-electron chi connectivity index (χ4n) is 3.64. The van der Waals surface area contributed by atoms with Crippen LogP contribution in [-0.4, -0.2) is 26.2 Å². The number of hydrogen-bond donors (Lipinski definition) is 2. The summed E-state index contributed by atoms with van der Waals surface area (Å²) in [6.07, 6.45) is 8.76. The molecule has 1 unspecified atom stereocenters. The third kappa shape index (κ3) is 2.85. The lowest BCUT2D eigenvalue weighted by Crippen LogP contribution is -2.38. The van der Waals surface area contributed by atoms with Crippen molar-refractivity contribution in [1.29, 1.82) is 0 Å². The Balaban J connectivity index is 1.43. The molecule has 1 heterocycles. The first-order chi connectivity index (χ1) is 8.33. The van der Waals surface area contributed by atoms with Crippen molar-refractivity contribution in [2.75, 3.05) is 26.2 Å². The highest BCUT2D eigenvalue weighted by Crippen LogP contribution is 2.48. The van der Waals surface area contributed by atoms with Crippen LogP contribution < -0.4 is 10.6 Å². The molecule has 2 saturated carbocycles. The Morgan fingerprint density at radius 1 is 1.24 bits per heavy atom. The minimum atomic E-state index is 0.567. The van der Waals surface area contributed by atoms with Gasteiger partial charge in [-0.05, 0) is 74.8 Å². The number of nitrogens with one attached hydrogen (secondary N) is 2. The summed E-state index contributed by atoms with van der Waals surface area (Å²) < 4.78 is 0. The zero-order chi connectivity index (χ0) is 11.7. The molecule has 0 aromatic carbocycles. The van der Waals surface area contributed by atoms with Crippen LogP contribution in [0.1, 0.15) is 45.4 Å². The van der Waals surface area contributed by atoms with Crippen LogP contribution in [-0.2, 0) is 0 Å². The fraction of sp³-hybridized carbons (Fsp3) is 1.00. The average molecular weight is 236 g/mol. The molecule has 0 spiro atoms. The minimum absolute atomic E-state index is 0.567. The van der Waals surface area contributed by atoms with E-state index in [0.29, 0.717) is 5.41 Å². The van der Waals surface area contributed by atoms with Crippen LogP contribution in [0.3, 0.4) is 0 Å². The SMILES string of the molecule is CCC1(CNCC(C2CC2)C2CC2)CCNC1. The third-order valence-corrected chi connectivity index (χ3v) is 5.42. The van der Waals surface area contributed by atoms with Gasteiger partial charge in [0.05, 0.1) is 0 Å². The van der Waals surface area contributed by atoms with Crippen LogP contribution >= 0.6 is 0 Å². The molecule has 2 heteroatoms. The highest BCUT2D eigenvalue weighted by atomic mass is 15.0. The molecule has 0 amide bonds. The maximum absolute atomic E-state index is 3.82. The molecule has 1 saturated heterocycles. The quantitative estimate of drug-likeness (QED) is 0.709. The summed E-state index contributed by atoms with van der Waals surface area (Å²) >= 11 is 0. The molecule has 0 aromatic heterocycles. The van der Waals surface area contributed by atoms with Gasteiger partial charge in [-0.25, -0.2) is 0 Å². The molecule has 3 fully saturated rings. The molecule has 3 rings (SSSR count). The predicted octanol–water partition coefficient (Wildman–Crippen LogP) is 2.40. The van der Waals surface area contributed by atoms with Gasteiger partial charge in [0.1, 0.15) is 0 Å². The molecule has 0 bridgehead atoms. The van der Waals surface area contributed by atoms with Gasteiger partial charge < -0.3 is 10.6 Å². The maximum atomic E-state index is 3.82. The molecule has 0 radical (unpaired) electrons. The van der Waals surface area contributed by atoms with Crippen molar-refractivity contribution in [2.45, 2.75) is 45.4 Å². The van der Waals surface area contributed by atoms with Crippen LogP contribution in [0.25, 0.3) is 0 Å². The zero-order valence-electron chi connectivity index (χ0n) is 11.3. The minimum Gasteiger partial charge on any atom is -0.316 e. The van der Waals surface area contributed by atoms with Gasteiger partial charge in [-0.2, -0.15) is 0 Å². The van der Waals surface area contributed by atoms with Gasteiger partial charge in [0.2, 0.25) is 0 Å². The van der Waals surface area contributed by atoms with Gasteiger partial charge in [-0.3, -0.25) is 0 Å². The maximum Gasteiger partial charge on any atom is 0.00205 e.